The molecule has 3 heteroatoms. The largest absolute Gasteiger partial charge is 0.353 e. The Morgan fingerprint density at radius 3 is 2.40 bits per heavy atom. The van der Waals surface area contributed by atoms with Crippen LogP contribution in [0.3, 0.4) is 0 Å². The Kier molecular flexibility index (Phi) is 11.9. The molecule has 0 rings (SSSR count). The first-order chi connectivity index (χ1) is 7.35. The van der Waals surface area contributed by atoms with Gasteiger partial charge in [-0.25, -0.2) is 0 Å². The van der Waals surface area contributed by atoms with Crippen molar-refractivity contribution >= 4 is 9.52 Å². The molecule has 0 spiro atoms. The average molecular weight is 230 g/mol. The summed E-state index contributed by atoms with van der Waals surface area (Å²) in [7, 11) is 0.0110. The zero-order valence-corrected chi connectivity index (χ0v) is 11.7. The molecule has 0 heterocycles. The molecule has 0 unspecified atom stereocenters. The third-order valence-corrected chi connectivity index (χ3v) is 4.18. The highest BCUT2D eigenvalue weighted by atomic mass is 28.2. The summed E-state index contributed by atoms with van der Waals surface area (Å²) in [5, 5.41) is 0. The molecule has 0 saturated heterocycles. The van der Waals surface area contributed by atoms with Crippen molar-refractivity contribution in [2.45, 2.75) is 51.5 Å². The van der Waals surface area contributed by atoms with Crippen molar-refractivity contribution in [2.24, 2.45) is 0 Å². The maximum atomic E-state index is 5.51. The van der Waals surface area contributed by atoms with Crippen LogP contribution in [-0.2, 0) is 9.47 Å². The van der Waals surface area contributed by atoms with Crippen LogP contribution in [-0.4, -0.2) is 29.0 Å². The zero-order chi connectivity index (χ0) is 11.4. The molecule has 0 radical (unpaired) electrons. The van der Waals surface area contributed by atoms with E-state index in [1.165, 1.54) is 18.9 Å². The quantitative estimate of drug-likeness (QED) is 0.235. The maximum absolute atomic E-state index is 5.51. The first kappa shape index (κ1) is 14.9. The second-order valence-corrected chi connectivity index (χ2v) is 5.61. The number of hydrogen-bond donors (Lipinski definition) is 0. The van der Waals surface area contributed by atoms with E-state index in [0.717, 1.165) is 25.7 Å². The van der Waals surface area contributed by atoms with Crippen LogP contribution in [0.4, 0.5) is 0 Å². The molecule has 0 aliphatic carbocycles. The lowest BCUT2D eigenvalue weighted by molar-refractivity contribution is -0.123. The Labute approximate surface area is 96.9 Å². The fraction of sp³-hybridized carbons (Fsp3) is 0.833. The van der Waals surface area contributed by atoms with Crippen molar-refractivity contribution in [1.29, 1.82) is 0 Å². The minimum atomic E-state index is 0.0110. The third kappa shape index (κ3) is 10.2. The molecule has 2 nitrogen and oxygen atoms in total. The van der Waals surface area contributed by atoms with Gasteiger partial charge in [-0.1, -0.05) is 25.0 Å². The Bertz CT molecular complexity index is 134. The van der Waals surface area contributed by atoms with Crippen LogP contribution in [0, 0.1) is 0 Å². The molecule has 0 aromatic rings. The molecule has 15 heavy (non-hydrogen) atoms. The minimum absolute atomic E-state index is 0.0110. The Balaban J connectivity index is 3.31. The van der Waals surface area contributed by atoms with Crippen LogP contribution in [0.15, 0.2) is 12.7 Å². The van der Waals surface area contributed by atoms with Gasteiger partial charge in [-0.15, -0.1) is 6.58 Å². The molecule has 0 atom stereocenters. The monoisotopic (exact) mass is 230 g/mol. The molecule has 0 aromatic carbocycles. The van der Waals surface area contributed by atoms with Crippen LogP contribution in [0.5, 0.6) is 0 Å². The molecule has 0 bridgehead atoms. The van der Waals surface area contributed by atoms with E-state index in [-0.39, 0.29) is 15.8 Å². The highest BCUT2D eigenvalue weighted by Gasteiger charge is 2.06. The molecule has 0 aliphatic rings. The van der Waals surface area contributed by atoms with Gasteiger partial charge in [-0.3, -0.25) is 0 Å². The summed E-state index contributed by atoms with van der Waals surface area (Å²) >= 11 is 0. The molecular formula is C12H26O2Si. The Hall–Kier alpha value is -0.123. The first-order valence-corrected chi connectivity index (χ1v) is 8.19. The van der Waals surface area contributed by atoms with Gasteiger partial charge in [-0.05, 0) is 26.3 Å². The van der Waals surface area contributed by atoms with E-state index in [4.69, 9.17) is 9.47 Å². The number of ether oxygens (including phenoxy) is 2. The second-order valence-electron chi connectivity index (χ2n) is 3.62. The normalized spacial score (nSPS) is 11.7. The first-order valence-electron chi connectivity index (χ1n) is 6.19. The highest BCUT2D eigenvalue weighted by molar-refractivity contribution is 6.35. The van der Waals surface area contributed by atoms with Crippen molar-refractivity contribution in [2.75, 3.05) is 13.2 Å². The third-order valence-electron chi connectivity index (χ3n) is 2.30. The fourth-order valence-electron chi connectivity index (χ4n) is 1.54. The molecule has 90 valence electrons. The SMILES string of the molecule is C=CCCCC[SiH2]CC(OCC)OCC. The molecule has 0 amide bonds. The van der Waals surface area contributed by atoms with Gasteiger partial charge in [-0.2, -0.15) is 0 Å². The van der Waals surface area contributed by atoms with Gasteiger partial charge in [0.2, 0.25) is 0 Å². The number of rotatable bonds is 11. The molecule has 0 N–H and O–H groups in total. The minimum Gasteiger partial charge on any atom is -0.353 e. The van der Waals surface area contributed by atoms with Crippen LogP contribution in [0.1, 0.15) is 33.1 Å². The van der Waals surface area contributed by atoms with Crippen molar-refractivity contribution in [1.82, 2.24) is 0 Å². The summed E-state index contributed by atoms with van der Waals surface area (Å²) in [6.45, 7) is 9.30. The van der Waals surface area contributed by atoms with Crippen LogP contribution in [0.2, 0.25) is 12.1 Å². The van der Waals surface area contributed by atoms with Gasteiger partial charge >= 0.3 is 0 Å². The van der Waals surface area contributed by atoms with Crippen LogP contribution < -0.4 is 0 Å². The van der Waals surface area contributed by atoms with E-state index < -0.39 is 0 Å². The van der Waals surface area contributed by atoms with Gasteiger partial charge in [0.15, 0.2) is 6.29 Å². The second kappa shape index (κ2) is 11.9. The van der Waals surface area contributed by atoms with Crippen molar-refractivity contribution < 1.29 is 9.47 Å². The maximum Gasteiger partial charge on any atom is 0.154 e. The Morgan fingerprint density at radius 2 is 1.87 bits per heavy atom. The van der Waals surface area contributed by atoms with Gasteiger partial charge in [0, 0.05) is 22.7 Å². The summed E-state index contributed by atoms with van der Waals surface area (Å²) < 4.78 is 11.0. The topological polar surface area (TPSA) is 18.5 Å². The lowest BCUT2D eigenvalue weighted by atomic mass is 10.2. The lowest BCUT2D eigenvalue weighted by Gasteiger charge is -2.16. The van der Waals surface area contributed by atoms with Gasteiger partial charge in [0.1, 0.15) is 0 Å². The van der Waals surface area contributed by atoms with E-state index in [2.05, 4.69) is 6.58 Å². The number of hydrogen-bond acceptors (Lipinski definition) is 2. The fourth-order valence-corrected chi connectivity index (χ4v) is 3.20. The molecule has 0 aliphatic heterocycles. The standard InChI is InChI=1S/C12H26O2Si/c1-4-7-8-9-10-15-11-12(13-5-2)14-6-3/h4,12H,1,5-11,15H2,2-3H3. The summed E-state index contributed by atoms with van der Waals surface area (Å²) in [4.78, 5) is 0. The number of allylic oxidation sites excluding steroid dienone is 1. The Morgan fingerprint density at radius 1 is 1.20 bits per heavy atom. The smallest absolute Gasteiger partial charge is 0.154 e. The lowest BCUT2D eigenvalue weighted by Crippen LogP contribution is -2.18. The van der Waals surface area contributed by atoms with Crippen LogP contribution >= 0.6 is 0 Å². The predicted molar refractivity (Wildman–Crippen MR) is 69.2 cm³/mol. The molecule has 0 fully saturated rings. The van der Waals surface area contributed by atoms with Crippen molar-refractivity contribution in [3.8, 4) is 0 Å². The van der Waals surface area contributed by atoms with Gasteiger partial charge in [0.05, 0.1) is 0 Å². The van der Waals surface area contributed by atoms with Gasteiger partial charge < -0.3 is 9.47 Å². The summed E-state index contributed by atoms with van der Waals surface area (Å²) in [5.74, 6) is 0. The summed E-state index contributed by atoms with van der Waals surface area (Å²) in [6.07, 6.45) is 5.89. The summed E-state index contributed by atoms with van der Waals surface area (Å²) in [6, 6.07) is 2.57. The van der Waals surface area contributed by atoms with Crippen LogP contribution in [0.25, 0.3) is 0 Å². The average Bonchev–Trinajstić information content (AvgIpc) is 2.24. The van der Waals surface area contributed by atoms with E-state index in [9.17, 15) is 0 Å². The van der Waals surface area contributed by atoms with E-state index >= 15 is 0 Å². The zero-order valence-electron chi connectivity index (χ0n) is 10.3. The molecule has 0 saturated carbocycles. The van der Waals surface area contributed by atoms with Crippen molar-refractivity contribution in [3.05, 3.63) is 12.7 Å². The van der Waals surface area contributed by atoms with Crippen molar-refractivity contribution in [3.63, 3.8) is 0 Å². The molecular weight excluding hydrogens is 204 g/mol. The molecule has 0 aromatic heterocycles. The van der Waals surface area contributed by atoms with E-state index in [1.54, 1.807) is 0 Å². The highest BCUT2D eigenvalue weighted by Crippen LogP contribution is 2.06. The summed E-state index contributed by atoms with van der Waals surface area (Å²) in [5.41, 5.74) is 0. The number of unbranched alkanes of at least 4 members (excludes halogenated alkanes) is 2. The van der Waals surface area contributed by atoms with E-state index in [1.807, 2.05) is 19.9 Å². The van der Waals surface area contributed by atoms with Gasteiger partial charge in [0.25, 0.3) is 0 Å². The van der Waals surface area contributed by atoms with E-state index in [0.29, 0.717) is 0 Å². The predicted octanol–water partition coefficient (Wildman–Crippen LogP) is 2.75.